The number of nitrogens with zero attached hydrogens (tertiary/aromatic N) is 3. The van der Waals surface area contributed by atoms with Gasteiger partial charge in [-0.3, -0.25) is 24.4 Å². The van der Waals surface area contributed by atoms with Crippen molar-refractivity contribution < 1.29 is 14.4 Å². The van der Waals surface area contributed by atoms with Gasteiger partial charge in [-0.1, -0.05) is 12.1 Å². The Bertz CT molecular complexity index is 548. The summed E-state index contributed by atoms with van der Waals surface area (Å²) >= 11 is 0. The Hall–Kier alpha value is -2.89. The van der Waals surface area contributed by atoms with Crippen molar-refractivity contribution in [3.63, 3.8) is 0 Å². The Labute approximate surface area is 108 Å². The molecule has 0 unspecified atom stereocenters. The van der Waals surface area contributed by atoms with Crippen LogP contribution in [0.2, 0.25) is 0 Å². The van der Waals surface area contributed by atoms with Gasteiger partial charge in [0.1, 0.15) is 11.4 Å². The van der Waals surface area contributed by atoms with E-state index in [9.17, 15) is 14.4 Å². The first-order valence-electron chi connectivity index (χ1n) is 5.39. The summed E-state index contributed by atoms with van der Waals surface area (Å²) in [6, 6.07) is 9.28. The molecule has 6 heteroatoms. The molecule has 0 aliphatic heterocycles. The summed E-state index contributed by atoms with van der Waals surface area (Å²) in [6.45, 7) is 0. The third-order valence-electron chi connectivity index (χ3n) is 2.31. The molecule has 0 spiro atoms. The number of amides is 3. The van der Waals surface area contributed by atoms with Gasteiger partial charge in [-0.05, 0) is 24.3 Å². The Morgan fingerprint density at radius 3 is 1.68 bits per heavy atom. The molecule has 0 atom stereocenters. The zero-order chi connectivity index (χ0) is 13.7. The molecular formula is C13H9N3O3. The third-order valence-corrected chi connectivity index (χ3v) is 2.31. The van der Waals surface area contributed by atoms with Crippen LogP contribution in [0.4, 0.5) is 0 Å². The molecule has 0 N–H and O–H groups in total. The standard InChI is InChI=1S/C13H9N3O3/c17-9-16(12(18)10-5-1-3-7-14-10)13(19)11-6-2-4-8-15-11/h1-9H. The Morgan fingerprint density at radius 2 is 1.37 bits per heavy atom. The average molecular weight is 255 g/mol. The van der Waals surface area contributed by atoms with Gasteiger partial charge in [0.2, 0.25) is 6.41 Å². The van der Waals surface area contributed by atoms with Gasteiger partial charge in [-0.2, -0.15) is 0 Å². The zero-order valence-corrected chi connectivity index (χ0v) is 9.76. The molecule has 0 aliphatic carbocycles. The van der Waals surface area contributed by atoms with Crippen LogP contribution in [0.25, 0.3) is 0 Å². The number of pyridine rings is 2. The third kappa shape index (κ3) is 2.68. The maximum atomic E-state index is 12.0. The highest BCUT2D eigenvalue weighted by Gasteiger charge is 2.25. The minimum Gasteiger partial charge on any atom is -0.278 e. The highest BCUT2D eigenvalue weighted by molar-refractivity contribution is 6.15. The number of hydrogen-bond donors (Lipinski definition) is 0. The van der Waals surface area contributed by atoms with E-state index in [1.807, 2.05) is 0 Å². The predicted molar refractivity (Wildman–Crippen MR) is 65.0 cm³/mol. The van der Waals surface area contributed by atoms with Gasteiger partial charge in [0.05, 0.1) is 0 Å². The minimum atomic E-state index is -0.786. The molecule has 19 heavy (non-hydrogen) atoms. The summed E-state index contributed by atoms with van der Waals surface area (Å²) in [4.78, 5) is 43.0. The van der Waals surface area contributed by atoms with Crippen LogP contribution in [0.1, 0.15) is 21.0 Å². The lowest BCUT2D eigenvalue weighted by atomic mass is 10.3. The van der Waals surface area contributed by atoms with Gasteiger partial charge >= 0.3 is 0 Å². The van der Waals surface area contributed by atoms with Crippen molar-refractivity contribution in [2.45, 2.75) is 0 Å². The zero-order valence-electron chi connectivity index (χ0n) is 9.76. The fourth-order valence-corrected chi connectivity index (χ4v) is 1.41. The number of aromatic nitrogens is 2. The molecule has 2 rings (SSSR count). The van der Waals surface area contributed by atoms with Crippen molar-refractivity contribution in [1.29, 1.82) is 0 Å². The van der Waals surface area contributed by atoms with E-state index in [2.05, 4.69) is 9.97 Å². The van der Waals surface area contributed by atoms with Gasteiger partial charge in [-0.15, -0.1) is 0 Å². The Balaban J connectivity index is 2.29. The molecule has 0 fully saturated rings. The summed E-state index contributed by atoms with van der Waals surface area (Å²) in [5.41, 5.74) is 0.0257. The molecular weight excluding hydrogens is 246 g/mol. The lowest BCUT2D eigenvalue weighted by Crippen LogP contribution is -2.36. The molecule has 2 heterocycles. The van der Waals surface area contributed by atoms with Gasteiger partial charge in [-0.25, -0.2) is 4.90 Å². The van der Waals surface area contributed by atoms with Crippen LogP contribution in [-0.2, 0) is 4.79 Å². The van der Waals surface area contributed by atoms with E-state index in [0.29, 0.717) is 4.90 Å². The lowest BCUT2D eigenvalue weighted by molar-refractivity contribution is -0.114. The molecule has 0 aromatic carbocycles. The van der Waals surface area contributed by atoms with Crippen molar-refractivity contribution in [1.82, 2.24) is 14.9 Å². The molecule has 0 saturated heterocycles. The van der Waals surface area contributed by atoms with E-state index in [1.165, 1.54) is 24.5 Å². The molecule has 0 aliphatic rings. The van der Waals surface area contributed by atoms with Crippen molar-refractivity contribution in [3.8, 4) is 0 Å². The van der Waals surface area contributed by atoms with Crippen molar-refractivity contribution in [2.24, 2.45) is 0 Å². The first kappa shape index (κ1) is 12.6. The highest BCUT2D eigenvalue weighted by Crippen LogP contribution is 2.05. The van der Waals surface area contributed by atoms with Crippen molar-refractivity contribution >= 4 is 18.2 Å². The SMILES string of the molecule is O=CN(C(=O)c1ccccn1)C(=O)c1ccccn1. The number of hydrogen-bond acceptors (Lipinski definition) is 5. The van der Waals surface area contributed by atoms with Crippen LogP contribution in [-0.4, -0.2) is 33.1 Å². The van der Waals surface area contributed by atoms with Crippen molar-refractivity contribution in [3.05, 3.63) is 60.2 Å². The number of imide groups is 3. The van der Waals surface area contributed by atoms with Crippen LogP contribution in [0.3, 0.4) is 0 Å². The number of carbonyl (C=O) groups excluding carboxylic acids is 3. The van der Waals surface area contributed by atoms with E-state index >= 15 is 0 Å². The summed E-state index contributed by atoms with van der Waals surface area (Å²) in [5, 5.41) is 0. The maximum Gasteiger partial charge on any atom is 0.286 e. The van der Waals surface area contributed by atoms with E-state index in [0.717, 1.165) is 0 Å². The van der Waals surface area contributed by atoms with E-state index in [-0.39, 0.29) is 17.8 Å². The molecule has 0 saturated carbocycles. The second-order valence-corrected chi connectivity index (χ2v) is 3.52. The summed E-state index contributed by atoms with van der Waals surface area (Å²) in [7, 11) is 0. The summed E-state index contributed by atoms with van der Waals surface area (Å²) in [6.07, 6.45) is 2.97. The highest BCUT2D eigenvalue weighted by atomic mass is 16.2. The van der Waals surface area contributed by atoms with Crippen LogP contribution in [0, 0.1) is 0 Å². The molecule has 3 amide bonds. The minimum absolute atomic E-state index is 0.0129. The van der Waals surface area contributed by atoms with Crippen LogP contribution < -0.4 is 0 Å². The van der Waals surface area contributed by atoms with E-state index < -0.39 is 11.8 Å². The van der Waals surface area contributed by atoms with Crippen LogP contribution in [0.15, 0.2) is 48.8 Å². The molecule has 0 radical (unpaired) electrons. The number of rotatable bonds is 3. The fourth-order valence-electron chi connectivity index (χ4n) is 1.41. The molecule has 6 nitrogen and oxygen atoms in total. The summed E-state index contributed by atoms with van der Waals surface area (Å²) < 4.78 is 0. The molecule has 2 aromatic heterocycles. The maximum absolute atomic E-state index is 12.0. The Morgan fingerprint density at radius 1 is 0.895 bits per heavy atom. The first-order valence-corrected chi connectivity index (χ1v) is 5.39. The second-order valence-electron chi connectivity index (χ2n) is 3.52. The predicted octanol–water partition coefficient (Wildman–Crippen LogP) is 0.916. The van der Waals surface area contributed by atoms with Crippen LogP contribution in [0.5, 0.6) is 0 Å². The quantitative estimate of drug-likeness (QED) is 0.601. The second kappa shape index (κ2) is 5.63. The topological polar surface area (TPSA) is 80.2 Å². The van der Waals surface area contributed by atoms with Crippen LogP contribution >= 0.6 is 0 Å². The van der Waals surface area contributed by atoms with Gasteiger partial charge < -0.3 is 0 Å². The Kier molecular flexibility index (Phi) is 3.72. The van der Waals surface area contributed by atoms with Crippen molar-refractivity contribution in [2.75, 3.05) is 0 Å². The lowest BCUT2D eigenvalue weighted by Gasteiger charge is -2.12. The first-order chi connectivity index (χ1) is 9.24. The number of carbonyl (C=O) groups is 3. The molecule has 0 bridgehead atoms. The smallest absolute Gasteiger partial charge is 0.278 e. The van der Waals surface area contributed by atoms with Gasteiger partial charge in [0.25, 0.3) is 11.8 Å². The molecule has 94 valence electrons. The largest absolute Gasteiger partial charge is 0.286 e. The van der Waals surface area contributed by atoms with E-state index in [4.69, 9.17) is 0 Å². The van der Waals surface area contributed by atoms with E-state index in [1.54, 1.807) is 24.3 Å². The summed E-state index contributed by atoms with van der Waals surface area (Å²) in [5.74, 6) is -1.57. The average Bonchev–Trinajstić information content (AvgIpc) is 2.49. The van der Waals surface area contributed by atoms with Gasteiger partial charge in [0.15, 0.2) is 0 Å². The van der Waals surface area contributed by atoms with Gasteiger partial charge in [0, 0.05) is 12.4 Å². The fraction of sp³-hybridized carbons (Fsp3) is 0. The monoisotopic (exact) mass is 255 g/mol. The normalized spacial score (nSPS) is 9.68. The molecule has 2 aromatic rings.